The number of ether oxygens (including phenoxy) is 2. The molecule has 14 heavy (non-hydrogen) atoms. The molecular formula is C8H13N3O3. The lowest BCUT2D eigenvalue weighted by atomic mass is 10.6. The van der Waals surface area contributed by atoms with Crippen LogP contribution in [0.3, 0.4) is 0 Å². The number of rotatable bonds is 4. The Bertz CT molecular complexity index is 322. The van der Waals surface area contributed by atoms with Gasteiger partial charge in [0.1, 0.15) is 12.5 Å². The molecular weight excluding hydrogens is 186 g/mol. The highest BCUT2D eigenvalue weighted by Crippen LogP contribution is 2.06. The van der Waals surface area contributed by atoms with Crippen LogP contribution in [0.15, 0.2) is 6.20 Å². The normalized spacial score (nSPS) is 10.1. The van der Waals surface area contributed by atoms with E-state index in [-0.39, 0.29) is 18.4 Å². The minimum Gasteiger partial charge on any atom is -0.460 e. The zero-order chi connectivity index (χ0) is 10.6. The predicted molar refractivity (Wildman–Crippen MR) is 49.6 cm³/mol. The molecule has 0 aliphatic carbocycles. The molecule has 0 saturated heterocycles. The van der Waals surface area contributed by atoms with Gasteiger partial charge in [0.2, 0.25) is 5.82 Å². The van der Waals surface area contributed by atoms with Gasteiger partial charge >= 0.3 is 5.97 Å². The summed E-state index contributed by atoms with van der Waals surface area (Å²) < 4.78 is 11.2. The van der Waals surface area contributed by atoms with E-state index in [9.17, 15) is 4.79 Å². The number of hydrogen-bond acceptors (Lipinski definition) is 5. The van der Waals surface area contributed by atoms with Crippen LogP contribution in [-0.4, -0.2) is 29.2 Å². The zero-order valence-corrected chi connectivity index (χ0v) is 8.19. The maximum Gasteiger partial charge on any atom is 0.374 e. The Hall–Kier alpha value is -1.56. The number of methoxy groups -OCH3 is 1. The minimum atomic E-state index is -0.499. The third-order valence-electron chi connectivity index (χ3n) is 1.52. The summed E-state index contributed by atoms with van der Waals surface area (Å²) in [6, 6.07) is 0. The van der Waals surface area contributed by atoms with E-state index in [1.54, 1.807) is 6.92 Å². The fraction of sp³-hybridized carbons (Fsp3) is 0.500. The highest BCUT2D eigenvalue weighted by Gasteiger charge is 2.15. The van der Waals surface area contributed by atoms with Crippen LogP contribution in [0.4, 0.5) is 5.82 Å². The van der Waals surface area contributed by atoms with Crippen LogP contribution < -0.4 is 5.73 Å². The van der Waals surface area contributed by atoms with E-state index in [4.69, 9.17) is 15.2 Å². The van der Waals surface area contributed by atoms with E-state index in [0.29, 0.717) is 6.61 Å². The van der Waals surface area contributed by atoms with Crippen LogP contribution in [0.1, 0.15) is 17.5 Å². The zero-order valence-electron chi connectivity index (χ0n) is 8.19. The van der Waals surface area contributed by atoms with Gasteiger partial charge in [0, 0.05) is 7.11 Å². The fourth-order valence-electron chi connectivity index (χ4n) is 1.03. The molecule has 1 heterocycles. The van der Waals surface area contributed by atoms with Crippen molar-refractivity contribution in [3.63, 3.8) is 0 Å². The molecule has 0 atom stereocenters. The number of carbonyl (C=O) groups excluding carboxylic acids is 1. The molecule has 1 rings (SSSR count). The molecule has 0 spiro atoms. The third-order valence-corrected chi connectivity index (χ3v) is 1.52. The van der Waals surface area contributed by atoms with E-state index < -0.39 is 5.97 Å². The molecule has 0 fully saturated rings. The first-order valence-electron chi connectivity index (χ1n) is 4.17. The minimum absolute atomic E-state index is 0.159. The Morgan fingerprint density at radius 1 is 1.71 bits per heavy atom. The van der Waals surface area contributed by atoms with E-state index in [2.05, 4.69) is 4.98 Å². The molecule has 1 aromatic heterocycles. The van der Waals surface area contributed by atoms with E-state index in [1.165, 1.54) is 17.9 Å². The summed E-state index contributed by atoms with van der Waals surface area (Å²) in [6.07, 6.45) is 1.52. The number of anilines is 1. The van der Waals surface area contributed by atoms with Crippen LogP contribution in [0, 0.1) is 0 Å². The molecule has 0 radical (unpaired) electrons. The largest absolute Gasteiger partial charge is 0.460 e. The number of aromatic nitrogens is 2. The molecule has 0 saturated carbocycles. The van der Waals surface area contributed by atoms with Crippen LogP contribution in [0.5, 0.6) is 0 Å². The number of nitrogens with zero attached hydrogens (tertiary/aromatic N) is 2. The average molecular weight is 199 g/mol. The molecule has 78 valence electrons. The predicted octanol–water partition coefficient (Wildman–Crippen LogP) is 0.246. The lowest BCUT2D eigenvalue weighted by molar-refractivity contribution is 0.0485. The van der Waals surface area contributed by atoms with E-state index >= 15 is 0 Å². The van der Waals surface area contributed by atoms with Crippen molar-refractivity contribution in [3.8, 4) is 0 Å². The third kappa shape index (κ3) is 2.23. The van der Waals surface area contributed by atoms with Gasteiger partial charge in [0.25, 0.3) is 0 Å². The summed E-state index contributed by atoms with van der Waals surface area (Å²) in [5.74, 6) is -0.0717. The maximum absolute atomic E-state index is 11.3. The average Bonchev–Trinajstić information content (AvgIpc) is 2.48. The van der Waals surface area contributed by atoms with Gasteiger partial charge in [-0.15, -0.1) is 0 Å². The number of imidazole rings is 1. The standard InChI is InChI=1S/C8H13N3O3/c1-3-14-8(12)7-10-6(9)4-11(7)5-13-2/h4H,3,5,9H2,1-2H3. The lowest BCUT2D eigenvalue weighted by Gasteiger charge is -2.04. The second-order valence-electron chi connectivity index (χ2n) is 2.60. The number of nitrogen functional groups attached to an aromatic ring is 1. The highest BCUT2D eigenvalue weighted by molar-refractivity contribution is 5.86. The van der Waals surface area contributed by atoms with Gasteiger partial charge in [-0.25, -0.2) is 9.78 Å². The summed E-state index contributed by atoms with van der Waals surface area (Å²) in [7, 11) is 1.52. The molecule has 1 aromatic rings. The van der Waals surface area contributed by atoms with Crippen LogP contribution in [0.25, 0.3) is 0 Å². The second-order valence-corrected chi connectivity index (χ2v) is 2.60. The Labute approximate surface area is 81.6 Å². The van der Waals surface area contributed by atoms with Gasteiger partial charge in [-0.3, -0.25) is 4.57 Å². The highest BCUT2D eigenvalue weighted by atomic mass is 16.5. The van der Waals surface area contributed by atoms with Gasteiger partial charge in [-0.1, -0.05) is 0 Å². The number of hydrogen-bond donors (Lipinski definition) is 1. The van der Waals surface area contributed by atoms with Gasteiger partial charge < -0.3 is 15.2 Å². The van der Waals surface area contributed by atoms with Gasteiger partial charge in [-0.05, 0) is 6.92 Å². The quantitative estimate of drug-likeness (QED) is 0.703. The van der Waals surface area contributed by atoms with E-state index in [1.807, 2.05) is 0 Å². The van der Waals surface area contributed by atoms with Crippen molar-refractivity contribution in [2.45, 2.75) is 13.7 Å². The summed E-state index contributed by atoms with van der Waals surface area (Å²) in [6.45, 7) is 2.25. The fourth-order valence-corrected chi connectivity index (χ4v) is 1.03. The van der Waals surface area contributed by atoms with Crippen molar-refractivity contribution < 1.29 is 14.3 Å². The van der Waals surface area contributed by atoms with Gasteiger partial charge in [0.05, 0.1) is 12.8 Å². The van der Waals surface area contributed by atoms with E-state index in [0.717, 1.165) is 0 Å². The molecule has 0 unspecified atom stereocenters. The number of carbonyl (C=O) groups is 1. The first kappa shape index (κ1) is 10.5. The van der Waals surface area contributed by atoms with Crippen LogP contribution in [0.2, 0.25) is 0 Å². The SMILES string of the molecule is CCOC(=O)c1nc(N)cn1COC. The molecule has 0 amide bonds. The van der Waals surface area contributed by atoms with Crippen molar-refractivity contribution in [2.24, 2.45) is 0 Å². The number of esters is 1. The van der Waals surface area contributed by atoms with Crippen molar-refractivity contribution in [1.82, 2.24) is 9.55 Å². The Morgan fingerprint density at radius 2 is 2.43 bits per heavy atom. The molecule has 2 N–H and O–H groups in total. The van der Waals surface area contributed by atoms with Crippen molar-refractivity contribution in [1.29, 1.82) is 0 Å². The summed E-state index contributed by atoms with van der Waals surface area (Å²) >= 11 is 0. The molecule has 6 nitrogen and oxygen atoms in total. The first-order chi connectivity index (χ1) is 6.69. The second kappa shape index (κ2) is 4.61. The van der Waals surface area contributed by atoms with Crippen LogP contribution in [-0.2, 0) is 16.2 Å². The smallest absolute Gasteiger partial charge is 0.374 e. The van der Waals surface area contributed by atoms with Gasteiger partial charge in [-0.2, -0.15) is 0 Å². The summed E-state index contributed by atoms with van der Waals surface area (Å²) in [4.78, 5) is 15.2. The monoisotopic (exact) mass is 199 g/mol. The molecule has 0 aliphatic heterocycles. The Balaban J connectivity index is 2.88. The number of nitrogens with two attached hydrogens (primary N) is 1. The topological polar surface area (TPSA) is 79.4 Å². The van der Waals surface area contributed by atoms with Crippen molar-refractivity contribution >= 4 is 11.8 Å². The maximum atomic E-state index is 11.3. The summed E-state index contributed by atoms with van der Waals surface area (Å²) in [5.41, 5.74) is 5.45. The Morgan fingerprint density at radius 3 is 3.00 bits per heavy atom. The van der Waals surface area contributed by atoms with Crippen molar-refractivity contribution in [3.05, 3.63) is 12.0 Å². The first-order valence-corrected chi connectivity index (χ1v) is 4.17. The van der Waals surface area contributed by atoms with Crippen molar-refractivity contribution in [2.75, 3.05) is 19.5 Å². The summed E-state index contributed by atoms with van der Waals surface area (Å²) in [5, 5.41) is 0. The molecule has 0 aliphatic rings. The Kier molecular flexibility index (Phi) is 3.47. The van der Waals surface area contributed by atoms with Crippen LogP contribution >= 0.6 is 0 Å². The lowest BCUT2D eigenvalue weighted by Crippen LogP contribution is -2.13. The molecule has 0 aromatic carbocycles. The van der Waals surface area contributed by atoms with Gasteiger partial charge in [0.15, 0.2) is 0 Å². The molecule has 6 heteroatoms. The molecule has 0 bridgehead atoms.